The SMILES string of the molecule is CC(=NCc1ccccn1)c1c(C(C)C(=O)O)[nH]n(-c2ccccc2Cl)c1=O. The second kappa shape index (κ2) is 8.22. The number of nitrogens with zero attached hydrogens (tertiary/aromatic N) is 3. The first-order valence-electron chi connectivity index (χ1n) is 8.64. The fourth-order valence-corrected chi connectivity index (χ4v) is 3.03. The second-order valence-electron chi connectivity index (χ2n) is 6.28. The summed E-state index contributed by atoms with van der Waals surface area (Å²) >= 11 is 6.22. The molecule has 0 aliphatic carbocycles. The van der Waals surface area contributed by atoms with Gasteiger partial charge in [0.15, 0.2) is 0 Å². The first-order valence-corrected chi connectivity index (χ1v) is 9.02. The van der Waals surface area contributed by atoms with Gasteiger partial charge in [0.25, 0.3) is 5.56 Å². The van der Waals surface area contributed by atoms with Crippen LogP contribution in [0, 0.1) is 0 Å². The number of hydrogen-bond acceptors (Lipinski definition) is 4. The van der Waals surface area contributed by atoms with E-state index >= 15 is 0 Å². The Kier molecular flexibility index (Phi) is 5.75. The lowest BCUT2D eigenvalue weighted by molar-refractivity contribution is -0.138. The summed E-state index contributed by atoms with van der Waals surface area (Å²) in [6.07, 6.45) is 1.67. The van der Waals surface area contributed by atoms with Crippen molar-refractivity contribution in [3.05, 3.63) is 81.0 Å². The molecule has 144 valence electrons. The van der Waals surface area contributed by atoms with Crippen LogP contribution in [0.25, 0.3) is 5.69 Å². The third-order valence-electron chi connectivity index (χ3n) is 4.38. The molecule has 1 aromatic carbocycles. The van der Waals surface area contributed by atoms with Gasteiger partial charge in [-0.3, -0.25) is 24.7 Å². The van der Waals surface area contributed by atoms with Gasteiger partial charge in [-0.2, -0.15) is 0 Å². The van der Waals surface area contributed by atoms with Crippen molar-refractivity contribution in [2.45, 2.75) is 26.3 Å². The van der Waals surface area contributed by atoms with Crippen LogP contribution in [-0.2, 0) is 11.3 Å². The minimum Gasteiger partial charge on any atom is -0.481 e. The van der Waals surface area contributed by atoms with Crippen LogP contribution in [0.3, 0.4) is 0 Å². The van der Waals surface area contributed by atoms with Crippen molar-refractivity contribution in [1.82, 2.24) is 14.8 Å². The number of rotatable bonds is 6. The van der Waals surface area contributed by atoms with Gasteiger partial charge in [0, 0.05) is 11.9 Å². The largest absolute Gasteiger partial charge is 0.481 e. The van der Waals surface area contributed by atoms with Crippen LogP contribution >= 0.6 is 11.6 Å². The highest BCUT2D eigenvalue weighted by molar-refractivity contribution is 6.32. The van der Waals surface area contributed by atoms with Crippen LogP contribution in [0.1, 0.15) is 36.7 Å². The number of aliphatic imine (C=N–C) groups is 1. The zero-order valence-corrected chi connectivity index (χ0v) is 16.1. The Morgan fingerprint density at radius 1 is 1.29 bits per heavy atom. The highest BCUT2D eigenvalue weighted by Crippen LogP contribution is 2.22. The van der Waals surface area contributed by atoms with E-state index < -0.39 is 17.4 Å². The normalized spacial score (nSPS) is 12.8. The Labute approximate surface area is 166 Å². The smallest absolute Gasteiger partial charge is 0.312 e. The molecular weight excluding hydrogens is 380 g/mol. The molecular formula is C20H19ClN4O3. The van der Waals surface area contributed by atoms with E-state index in [4.69, 9.17) is 11.6 Å². The molecule has 0 amide bonds. The molecule has 1 unspecified atom stereocenters. The molecule has 2 aromatic heterocycles. The monoisotopic (exact) mass is 398 g/mol. The van der Waals surface area contributed by atoms with Gasteiger partial charge in [0.1, 0.15) is 0 Å². The molecule has 0 fully saturated rings. The number of aromatic amines is 1. The van der Waals surface area contributed by atoms with Crippen molar-refractivity contribution in [2.75, 3.05) is 0 Å². The molecule has 2 heterocycles. The van der Waals surface area contributed by atoms with Gasteiger partial charge in [-0.25, -0.2) is 4.68 Å². The van der Waals surface area contributed by atoms with E-state index in [1.165, 1.54) is 11.6 Å². The first kappa shape index (κ1) is 19.6. The Morgan fingerprint density at radius 2 is 2.00 bits per heavy atom. The number of H-pyrrole nitrogens is 1. The fourth-order valence-electron chi connectivity index (χ4n) is 2.81. The molecule has 2 N–H and O–H groups in total. The molecule has 0 saturated carbocycles. The number of carboxylic acids is 1. The molecule has 28 heavy (non-hydrogen) atoms. The lowest BCUT2D eigenvalue weighted by Gasteiger charge is -2.07. The fraction of sp³-hybridized carbons (Fsp3) is 0.200. The van der Waals surface area contributed by atoms with Crippen molar-refractivity contribution < 1.29 is 9.90 Å². The Morgan fingerprint density at radius 3 is 2.64 bits per heavy atom. The number of benzene rings is 1. The summed E-state index contributed by atoms with van der Waals surface area (Å²) in [6.45, 7) is 3.48. The van der Waals surface area contributed by atoms with Gasteiger partial charge in [-0.1, -0.05) is 29.8 Å². The highest BCUT2D eigenvalue weighted by atomic mass is 35.5. The molecule has 7 nitrogen and oxygen atoms in total. The Balaban J connectivity index is 2.12. The number of aliphatic carboxylic acids is 1. The molecule has 0 saturated heterocycles. The summed E-state index contributed by atoms with van der Waals surface area (Å²) in [6, 6.07) is 12.3. The third-order valence-corrected chi connectivity index (χ3v) is 4.70. The number of para-hydroxylation sites is 1. The Bertz CT molecular complexity index is 1090. The van der Waals surface area contributed by atoms with Gasteiger partial charge >= 0.3 is 5.97 Å². The zero-order chi connectivity index (χ0) is 20.3. The van der Waals surface area contributed by atoms with E-state index in [1.54, 1.807) is 43.5 Å². The lowest BCUT2D eigenvalue weighted by atomic mass is 10.0. The predicted molar refractivity (Wildman–Crippen MR) is 108 cm³/mol. The van der Waals surface area contributed by atoms with Crippen molar-refractivity contribution in [3.63, 3.8) is 0 Å². The summed E-state index contributed by atoms with van der Waals surface area (Å²) in [5, 5.41) is 12.7. The highest BCUT2D eigenvalue weighted by Gasteiger charge is 2.26. The minimum atomic E-state index is -1.05. The number of carbonyl (C=O) groups is 1. The van der Waals surface area contributed by atoms with E-state index in [0.29, 0.717) is 16.4 Å². The van der Waals surface area contributed by atoms with Gasteiger partial charge in [-0.15, -0.1) is 0 Å². The summed E-state index contributed by atoms with van der Waals surface area (Å²) in [5.74, 6) is -1.97. The standard InChI is InChI=1S/C20H19ClN4O3/c1-12(20(27)28)18-17(13(2)23-11-14-7-5-6-10-22-14)19(26)25(24-18)16-9-4-3-8-15(16)21/h3-10,12,24H,11H2,1-2H3,(H,27,28). The summed E-state index contributed by atoms with van der Waals surface area (Å²) in [5.41, 5.74) is 1.72. The molecule has 0 aliphatic rings. The Hall–Kier alpha value is -3.19. The maximum atomic E-state index is 13.1. The number of halogens is 1. The van der Waals surface area contributed by atoms with E-state index in [-0.39, 0.29) is 17.8 Å². The number of pyridine rings is 1. The predicted octanol–water partition coefficient (Wildman–Crippen LogP) is 3.41. The first-order chi connectivity index (χ1) is 13.4. The average molecular weight is 399 g/mol. The van der Waals surface area contributed by atoms with E-state index in [9.17, 15) is 14.7 Å². The van der Waals surface area contributed by atoms with Crippen molar-refractivity contribution in [3.8, 4) is 5.69 Å². The van der Waals surface area contributed by atoms with Crippen molar-refractivity contribution in [2.24, 2.45) is 4.99 Å². The lowest BCUT2D eigenvalue weighted by Crippen LogP contribution is -2.20. The zero-order valence-electron chi connectivity index (χ0n) is 15.4. The average Bonchev–Trinajstić information content (AvgIpc) is 3.03. The molecule has 3 rings (SSSR count). The van der Waals surface area contributed by atoms with E-state index in [2.05, 4.69) is 15.1 Å². The molecule has 0 aliphatic heterocycles. The quantitative estimate of drug-likeness (QED) is 0.621. The second-order valence-corrected chi connectivity index (χ2v) is 6.68. The van der Waals surface area contributed by atoms with Crippen LogP contribution < -0.4 is 5.56 Å². The maximum absolute atomic E-state index is 13.1. The van der Waals surface area contributed by atoms with Crippen LogP contribution in [0.5, 0.6) is 0 Å². The molecule has 3 aromatic rings. The van der Waals surface area contributed by atoms with Crippen molar-refractivity contribution in [1.29, 1.82) is 0 Å². The molecule has 8 heteroatoms. The van der Waals surface area contributed by atoms with E-state index in [1.807, 2.05) is 12.1 Å². The topological polar surface area (TPSA) is 100 Å². The van der Waals surface area contributed by atoms with Crippen LogP contribution in [0.4, 0.5) is 0 Å². The van der Waals surface area contributed by atoms with Crippen LogP contribution in [0.15, 0.2) is 58.4 Å². The maximum Gasteiger partial charge on any atom is 0.312 e. The summed E-state index contributed by atoms with van der Waals surface area (Å²) in [4.78, 5) is 33.3. The van der Waals surface area contributed by atoms with E-state index in [0.717, 1.165) is 5.69 Å². The van der Waals surface area contributed by atoms with Gasteiger partial charge < -0.3 is 5.11 Å². The van der Waals surface area contributed by atoms with Crippen LogP contribution in [-0.4, -0.2) is 31.6 Å². The third kappa shape index (κ3) is 3.89. The molecule has 1 atom stereocenters. The number of hydrogen-bond donors (Lipinski definition) is 2. The minimum absolute atomic E-state index is 0.228. The van der Waals surface area contributed by atoms with Gasteiger partial charge in [0.05, 0.1) is 40.1 Å². The molecule has 0 radical (unpaired) electrons. The number of carboxylic acid groups (broad SMARTS) is 1. The number of aromatic nitrogens is 3. The van der Waals surface area contributed by atoms with Gasteiger partial charge in [0.2, 0.25) is 0 Å². The molecule has 0 bridgehead atoms. The molecule has 0 spiro atoms. The van der Waals surface area contributed by atoms with Crippen LogP contribution in [0.2, 0.25) is 5.02 Å². The van der Waals surface area contributed by atoms with Crippen molar-refractivity contribution >= 4 is 23.3 Å². The summed E-state index contributed by atoms with van der Waals surface area (Å²) in [7, 11) is 0. The number of nitrogens with one attached hydrogen (secondary N) is 1. The summed E-state index contributed by atoms with van der Waals surface area (Å²) < 4.78 is 1.26. The van der Waals surface area contributed by atoms with Gasteiger partial charge in [-0.05, 0) is 38.1 Å².